The molecule has 0 unspecified atom stereocenters. The van der Waals surface area contributed by atoms with Gasteiger partial charge in [-0.05, 0) is 31.0 Å². The lowest BCUT2D eigenvalue weighted by molar-refractivity contribution is -0.134. The maximum atomic E-state index is 12.3. The molecule has 1 amide bonds. The van der Waals surface area contributed by atoms with Crippen molar-refractivity contribution in [1.82, 2.24) is 14.9 Å². The number of piperazine rings is 1. The number of hydrogen-bond donors (Lipinski definition) is 0. The van der Waals surface area contributed by atoms with E-state index in [1.165, 1.54) is 11.3 Å². The SMILES string of the molecule is CCc1cc(C(=O)OCC(=O)N2CCN(c3ncccn3)CC2)sc1C. The molecule has 2 aromatic heterocycles. The van der Waals surface area contributed by atoms with Crippen molar-refractivity contribution in [2.75, 3.05) is 37.7 Å². The first-order valence-electron chi connectivity index (χ1n) is 8.64. The second kappa shape index (κ2) is 8.27. The first kappa shape index (κ1) is 18.3. The van der Waals surface area contributed by atoms with Crippen molar-refractivity contribution < 1.29 is 14.3 Å². The molecule has 0 atom stereocenters. The van der Waals surface area contributed by atoms with E-state index in [1.54, 1.807) is 23.4 Å². The average Bonchev–Trinajstić information content (AvgIpc) is 3.07. The third-order valence-corrected chi connectivity index (χ3v) is 5.47. The summed E-state index contributed by atoms with van der Waals surface area (Å²) in [4.78, 5) is 38.3. The standard InChI is InChI=1S/C18H22N4O3S/c1-3-14-11-15(26-13(14)2)17(24)25-12-16(23)21-7-9-22(10-8-21)18-19-5-4-6-20-18/h4-6,11H,3,7-10,12H2,1-2H3. The fraction of sp³-hybridized carbons (Fsp3) is 0.444. The van der Waals surface area contributed by atoms with E-state index in [-0.39, 0.29) is 12.5 Å². The van der Waals surface area contributed by atoms with Gasteiger partial charge in [0.2, 0.25) is 5.95 Å². The number of amides is 1. The van der Waals surface area contributed by atoms with Crippen LogP contribution in [0.25, 0.3) is 0 Å². The van der Waals surface area contributed by atoms with Crippen LogP contribution in [0.15, 0.2) is 24.5 Å². The molecule has 0 radical (unpaired) electrons. The number of esters is 1. The number of hydrogen-bond acceptors (Lipinski definition) is 7. The van der Waals surface area contributed by atoms with E-state index in [4.69, 9.17) is 4.74 Å². The van der Waals surface area contributed by atoms with Crippen molar-refractivity contribution in [3.05, 3.63) is 39.8 Å². The van der Waals surface area contributed by atoms with Crippen LogP contribution in [0.5, 0.6) is 0 Å². The summed E-state index contributed by atoms with van der Waals surface area (Å²) >= 11 is 1.41. The number of thiophene rings is 1. The van der Waals surface area contributed by atoms with E-state index in [1.807, 2.05) is 24.8 Å². The molecule has 0 bridgehead atoms. The molecule has 0 aromatic carbocycles. The summed E-state index contributed by atoms with van der Waals surface area (Å²) in [7, 11) is 0. The van der Waals surface area contributed by atoms with E-state index in [0.29, 0.717) is 37.0 Å². The summed E-state index contributed by atoms with van der Waals surface area (Å²) in [6.07, 6.45) is 4.29. The Balaban J connectivity index is 1.47. The molecular formula is C18H22N4O3S. The lowest BCUT2D eigenvalue weighted by Crippen LogP contribution is -2.50. The van der Waals surface area contributed by atoms with Gasteiger partial charge in [-0.15, -0.1) is 11.3 Å². The average molecular weight is 374 g/mol. The second-order valence-corrected chi connectivity index (χ2v) is 7.29. The Kier molecular flexibility index (Phi) is 5.82. The number of carbonyl (C=O) groups is 2. The van der Waals surface area contributed by atoms with Crippen molar-refractivity contribution in [3.8, 4) is 0 Å². The van der Waals surface area contributed by atoms with Gasteiger partial charge in [0.25, 0.3) is 5.91 Å². The van der Waals surface area contributed by atoms with Crippen LogP contribution in [0.3, 0.4) is 0 Å². The lowest BCUT2D eigenvalue weighted by atomic mass is 10.2. The molecule has 0 N–H and O–H groups in total. The highest BCUT2D eigenvalue weighted by Gasteiger charge is 2.23. The van der Waals surface area contributed by atoms with E-state index >= 15 is 0 Å². The molecule has 138 valence electrons. The minimum absolute atomic E-state index is 0.170. The minimum Gasteiger partial charge on any atom is -0.451 e. The Morgan fingerprint density at radius 1 is 1.19 bits per heavy atom. The molecule has 3 heterocycles. The molecule has 1 aliphatic rings. The van der Waals surface area contributed by atoms with E-state index < -0.39 is 5.97 Å². The third-order valence-electron chi connectivity index (χ3n) is 4.40. The van der Waals surface area contributed by atoms with Crippen LogP contribution in [0, 0.1) is 6.92 Å². The van der Waals surface area contributed by atoms with E-state index in [2.05, 4.69) is 9.97 Å². The van der Waals surface area contributed by atoms with Gasteiger partial charge in [0.15, 0.2) is 6.61 Å². The van der Waals surface area contributed by atoms with Crippen molar-refractivity contribution in [3.63, 3.8) is 0 Å². The van der Waals surface area contributed by atoms with Crippen molar-refractivity contribution in [2.24, 2.45) is 0 Å². The summed E-state index contributed by atoms with van der Waals surface area (Å²) in [5.74, 6) is 0.0734. The van der Waals surface area contributed by atoms with Crippen LogP contribution in [0.2, 0.25) is 0 Å². The molecule has 1 saturated heterocycles. The Hall–Kier alpha value is -2.48. The lowest BCUT2D eigenvalue weighted by Gasteiger charge is -2.34. The summed E-state index contributed by atoms with van der Waals surface area (Å²) in [5, 5.41) is 0. The molecule has 8 heteroatoms. The molecule has 2 aromatic rings. The summed E-state index contributed by atoms with van der Waals surface area (Å²) in [6.45, 7) is 6.26. The Morgan fingerprint density at radius 3 is 2.50 bits per heavy atom. The molecular weight excluding hydrogens is 352 g/mol. The zero-order valence-electron chi connectivity index (χ0n) is 15.0. The monoisotopic (exact) mass is 374 g/mol. The third kappa shape index (κ3) is 4.19. The van der Waals surface area contributed by atoms with Gasteiger partial charge in [0, 0.05) is 43.4 Å². The number of ether oxygens (including phenoxy) is 1. The normalized spacial score (nSPS) is 14.4. The smallest absolute Gasteiger partial charge is 0.348 e. The Morgan fingerprint density at radius 2 is 1.88 bits per heavy atom. The number of rotatable bonds is 5. The van der Waals surface area contributed by atoms with Crippen molar-refractivity contribution in [2.45, 2.75) is 20.3 Å². The van der Waals surface area contributed by atoms with Crippen LogP contribution < -0.4 is 4.90 Å². The van der Waals surface area contributed by atoms with Crippen LogP contribution in [-0.4, -0.2) is 59.5 Å². The first-order valence-corrected chi connectivity index (χ1v) is 9.46. The fourth-order valence-corrected chi connectivity index (χ4v) is 3.88. The zero-order chi connectivity index (χ0) is 18.5. The molecule has 1 fully saturated rings. The predicted octanol–water partition coefficient (Wildman–Crippen LogP) is 1.91. The summed E-state index contributed by atoms with van der Waals surface area (Å²) in [5.41, 5.74) is 1.15. The summed E-state index contributed by atoms with van der Waals surface area (Å²) in [6, 6.07) is 3.63. The van der Waals surface area contributed by atoms with Crippen LogP contribution in [-0.2, 0) is 16.0 Å². The van der Waals surface area contributed by atoms with Crippen molar-refractivity contribution >= 4 is 29.2 Å². The number of aromatic nitrogens is 2. The molecule has 1 aliphatic heterocycles. The predicted molar refractivity (Wildman–Crippen MR) is 99.5 cm³/mol. The summed E-state index contributed by atoms with van der Waals surface area (Å²) < 4.78 is 5.21. The van der Waals surface area contributed by atoms with Gasteiger partial charge in [0.1, 0.15) is 4.88 Å². The fourth-order valence-electron chi connectivity index (χ4n) is 2.87. The number of aryl methyl sites for hydroxylation is 2. The van der Waals surface area contributed by atoms with Gasteiger partial charge in [-0.25, -0.2) is 14.8 Å². The molecule has 7 nitrogen and oxygen atoms in total. The quantitative estimate of drug-likeness (QED) is 0.744. The number of carbonyl (C=O) groups excluding carboxylic acids is 2. The van der Waals surface area contributed by atoms with Crippen molar-refractivity contribution in [1.29, 1.82) is 0 Å². The zero-order valence-corrected chi connectivity index (χ0v) is 15.8. The van der Waals surface area contributed by atoms with Gasteiger partial charge >= 0.3 is 5.97 Å². The van der Waals surface area contributed by atoms with Crippen LogP contribution in [0.4, 0.5) is 5.95 Å². The topological polar surface area (TPSA) is 75.6 Å². The number of nitrogens with zero attached hydrogens (tertiary/aromatic N) is 4. The molecule has 3 rings (SSSR count). The highest BCUT2D eigenvalue weighted by molar-refractivity contribution is 7.14. The van der Waals surface area contributed by atoms with E-state index in [9.17, 15) is 9.59 Å². The largest absolute Gasteiger partial charge is 0.451 e. The molecule has 26 heavy (non-hydrogen) atoms. The maximum absolute atomic E-state index is 12.3. The highest BCUT2D eigenvalue weighted by Crippen LogP contribution is 2.22. The van der Waals surface area contributed by atoms with Crippen LogP contribution in [0.1, 0.15) is 27.0 Å². The second-order valence-electron chi connectivity index (χ2n) is 6.04. The molecule has 0 spiro atoms. The minimum atomic E-state index is -0.428. The molecule has 0 saturated carbocycles. The van der Waals surface area contributed by atoms with Gasteiger partial charge in [0.05, 0.1) is 0 Å². The Bertz CT molecular complexity index is 770. The first-order chi connectivity index (χ1) is 12.6. The van der Waals surface area contributed by atoms with Gasteiger partial charge < -0.3 is 14.5 Å². The van der Waals surface area contributed by atoms with Gasteiger partial charge in [-0.2, -0.15) is 0 Å². The highest BCUT2D eigenvalue weighted by atomic mass is 32.1. The Labute approximate surface area is 156 Å². The molecule has 0 aliphatic carbocycles. The van der Waals surface area contributed by atoms with Crippen LogP contribution >= 0.6 is 11.3 Å². The van der Waals surface area contributed by atoms with Gasteiger partial charge in [-0.1, -0.05) is 6.92 Å². The number of anilines is 1. The maximum Gasteiger partial charge on any atom is 0.348 e. The van der Waals surface area contributed by atoms with Gasteiger partial charge in [-0.3, -0.25) is 4.79 Å². The van der Waals surface area contributed by atoms with E-state index in [0.717, 1.165) is 16.9 Å².